The number of aliphatic hydroxyl groups excluding tert-OH is 2. The average molecular weight is 304 g/mol. The molecule has 120 valence electrons. The van der Waals surface area contributed by atoms with E-state index in [1.165, 1.54) is 0 Å². The SMILES string of the molecule is CCOC(=O)C(O)N1CCCN(C(O)C(=O)OCC)C1=O. The third-order valence-electron chi connectivity index (χ3n) is 2.87. The summed E-state index contributed by atoms with van der Waals surface area (Å²) in [6, 6.07) is -0.831. The number of aliphatic hydroxyl groups is 2. The fourth-order valence-corrected chi connectivity index (χ4v) is 1.91. The van der Waals surface area contributed by atoms with E-state index >= 15 is 0 Å². The molecule has 0 bridgehead atoms. The predicted octanol–water partition coefficient (Wildman–Crippen LogP) is -1.12. The van der Waals surface area contributed by atoms with Crippen molar-refractivity contribution in [3.63, 3.8) is 0 Å². The fraction of sp³-hybridized carbons (Fsp3) is 0.750. The van der Waals surface area contributed by atoms with Gasteiger partial charge in [0.05, 0.1) is 13.2 Å². The van der Waals surface area contributed by atoms with Crippen LogP contribution in [-0.2, 0) is 19.1 Å². The number of esters is 2. The monoisotopic (exact) mass is 304 g/mol. The lowest BCUT2D eigenvalue weighted by atomic mass is 10.2. The lowest BCUT2D eigenvalue weighted by Gasteiger charge is -2.38. The third-order valence-corrected chi connectivity index (χ3v) is 2.87. The van der Waals surface area contributed by atoms with Crippen molar-refractivity contribution in [2.24, 2.45) is 0 Å². The molecule has 1 saturated heterocycles. The molecule has 9 nitrogen and oxygen atoms in total. The van der Waals surface area contributed by atoms with Crippen LogP contribution >= 0.6 is 0 Å². The van der Waals surface area contributed by atoms with Crippen molar-refractivity contribution in [1.82, 2.24) is 9.80 Å². The summed E-state index contributed by atoms with van der Waals surface area (Å²) in [4.78, 5) is 36.7. The number of urea groups is 1. The Bertz CT molecular complexity index is 367. The number of nitrogens with zero attached hydrogens (tertiary/aromatic N) is 2. The summed E-state index contributed by atoms with van der Waals surface area (Å²) in [5.74, 6) is -1.92. The number of hydrogen-bond donors (Lipinski definition) is 2. The van der Waals surface area contributed by atoms with Crippen LogP contribution in [0.5, 0.6) is 0 Å². The molecule has 1 heterocycles. The van der Waals surface area contributed by atoms with Crippen LogP contribution in [-0.4, -0.2) is 76.7 Å². The summed E-state index contributed by atoms with van der Waals surface area (Å²) in [5, 5.41) is 19.6. The maximum Gasteiger partial charge on any atom is 0.356 e. The molecule has 21 heavy (non-hydrogen) atoms. The Kier molecular flexibility index (Phi) is 6.38. The zero-order valence-corrected chi connectivity index (χ0v) is 12.0. The van der Waals surface area contributed by atoms with Gasteiger partial charge in [0.1, 0.15) is 0 Å². The summed E-state index contributed by atoms with van der Waals surface area (Å²) >= 11 is 0. The predicted molar refractivity (Wildman–Crippen MR) is 68.7 cm³/mol. The number of rotatable bonds is 6. The van der Waals surface area contributed by atoms with E-state index in [0.717, 1.165) is 9.80 Å². The van der Waals surface area contributed by atoms with Crippen LogP contribution < -0.4 is 0 Å². The number of hydrogen-bond acceptors (Lipinski definition) is 7. The second kappa shape index (κ2) is 7.79. The summed E-state index contributed by atoms with van der Waals surface area (Å²) < 4.78 is 9.26. The van der Waals surface area contributed by atoms with Gasteiger partial charge in [0.2, 0.25) is 12.5 Å². The first-order valence-electron chi connectivity index (χ1n) is 6.70. The van der Waals surface area contributed by atoms with Gasteiger partial charge in [-0.25, -0.2) is 14.4 Å². The summed E-state index contributed by atoms with van der Waals surface area (Å²) in [7, 11) is 0. The molecule has 2 atom stereocenters. The molecule has 1 aliphatic rings. The van der Waals surface area contributed by atoms with Gasteiger partial charge in [0.25, 0.3) is 0 Å². The fourth-order valence-electron chi connectivity index (χ4n) is 1.91. The van der Waals surface area contributed by atoms with Crippen molar-refractivity contribution in [3.8, 4) is 0 Å². The number of ether oxygens (including phenoxy) is 2. The van der Waals surface area contributed by atoms with Crippen LogP contribution in [0.4, 0.5) is 4.79 Å². The molecule has 0 spiro atoms. The van der Waals surface area contributed by atoms with Gasteiger partial charge >= 0.3 is 18.0 Å². The Morgan fingerprint density at radius 2 is 1.43 bits per heavy atom. The van der Waals surface area contributed by atoms with Gasteiger partial charge in [-0.2, -0.15) is 0 Å². The van der Waals surface area contributed by atoms with E-state index in [9.17, 15) is 24.6 Å². The van der Waals surface area contributed by atoms with E-state index in [1.807, 2.05) is 0 Å². The van der Waals surface area contributed by atoms with Gasteiger partial charge < -0.3 is 19.7 Å². The van der Waals surface area contributed by atoms with Crippen molar-refractivity contribution in [3.05, 3.63) is 0 Å². The topological polar surface area (TPSA) is 117 Å². The normalized spacial score (nSPS) is 18.2. The molecule has 0 aromatic rings. The highest BCUT2D eigenvalue weighted by Gasteiger charge is 2.39. The Balaban J connectivity index is 2.76. The smallest absolute Gasteiger partial charge is 0.356 e. The van der Waals surface area contributed by atoms with E-state index in [2.05, 4.69) is 9.47 Å². The molecule has 0 aromatic carbocycles. The lowest BCUT2D eigenvalue weighted by Crippen LogP contribution is -2.59. The van der Waals surface area contributed by atoms with Gasteiger partial charge in [0, 0.05) is 13.1 Å². The Labute approximate surface area is 122 Å². The minimum atomic E-state index is -1.77. The first kappa shape index (κ1) is 17.2. The van der Waals surface area contributed by atoms with Crippen LogP contribution in [0.25, 0.3) is 0 Å². The summed E-state index contributed by atoms with van der Waals surface area (Å²) in [6.45, 7) is 3.49. The molecule has 2 amide bonds. The Morgan fingerprint density at radius 1 is 1.05 bits per heavy atom. The molecule has 2 unspecified atom stereocenters. The van der Waals surface area contributed by atoms with Gasteiger partial charge in [-0.1, -0.05) is 0 Å². The second-order valence-electron chi connectivity index (χ2n) is 4.27. The first-order chi connectivity index (χ1) is 9.93. The molecule has 1 aliphatic heterocycles. The number of carbonyl (C=O) groups excluding carboxylic acids is 3. The molecule has 0 saturated carbocycles. The van der Waals surface area contributed by atoms with Crippen LogP contribution in [0, 0.1) is 0 Å². The quantitative estimate of drug-likeness (QED) is 0.597. The van der Waals surface area contributed by atoms with E-state index in [1.54, 1.807) is 13.8 Å². The maximum atomic E-state index is 12.1. The molecule has 1 rings (SSSR count). The summed E-state index contributed by atoms with van der Waals surface area (Å²) in [6.07, 6.45) is -3.16. The van der Waals surface area contributed by atoms with E-state index in [0.29, 0.717) is 6.42 Å². The zero-order chi connectivity index (χ0) is 16.0. The highest BCUT2D eigenvalue weighted by Crippen LogP contribution is 2.15. The third kappa shape index (κ3) is 4.05. The standard InChI is InChI=1S/C12H20N2O7/c1-3-20-10(17)8(15)13-6-5-7-14(12(13)19)9(16)11(18)21-4-2/h8-9,15-16H,3-7H2,1-2H3. The number of amides is 2. The molecule has 0 aromatic heterocycles. The maximum absolute atomic E-state index is 12.1. The highest BCUT2D eigenvalue weighted by atomic mass is 16.6. The van der Waals surface area contributed by atoms with E-state index < -0.39 is 30.4 Å². The van der Waals surface area contributed by atoms with Gasteiger partial charge in [-0.3, -0.25) is 9.80 Å². The number of carbonyl (C=O) groups is 3. The largest absolute Gasteiger partial charge is 0.463 e. The average Bonchev–Trinajstić information content (AvgIpc) is 2.46. The Hall–Kier alpha value is -1.87. The molecule has 9 heteroatoms. The van der Waals surface area contributed by atoms with Crippen molar-refractivity contribution in [2.45, 2.75) is 32.7 Å². The lowest BCUT2D eigenvalue weighted by molar-refractivity contribution is -0.167. The Morgan fingerprint density at radius 3 is 1.76 bits per heavy atom. The molecule has 0 radical (unpaired) electrons. The molecule has 0 aliphatic carbocycles. The van der Waals surface area contributed by atoms with Crippen molar-refractivity contribution in [2.75, 3.05) is 26.3 Å². The highest BCUT2D eigenvalue weighted by molar-refractivity contribution is 5.86. The molecule has 2 N–H and O–H groups in total. The van der Waals surface area contributed by atoms with E-state index in [-0.39, 0.29) is 26.3 Å². The van der Waals surface area contributed by atoms with Crippen molar-refractivity contribution in [1.29, 1.82) is 0 Å². The van der Waals surface area contributed by atoms with Crippen LogP contribution in [0.3, 0.4) is 0 Å². The first-order valence-corrected chi connectivity index (χ1v) is 6.70. The van der Waals surface area contributed by atoms with Gasteiger partial charge in [-0.15, -0.1) is 0 Å². The van der Waals surface area contributed by atoms with Crippen molar-refractivity contribution >= 4 is 18.0 Å². The minimum Gasteiger partial charge on any atom is -0.463 e. The molecular formula is C12H20N2O7. The van der Waals surface area contributed by atoms with Gasteiger partial charge in [0.15, 0.2) is 0 Å². The van der Waals surface area contributed by atoms with Crippen LogP contribution in [0.2, 0.25) is 0 Å². The molecule has 1 fully saturated rings. The van der Waals surface area contributed by atoms with Crippen LogP contribution in [0.15, 0.2) is 0 Å². The van der Waals surface area contributed by atoms with Crippen molar-refractivity contribution < 1.29 is 34.1 Å². The van der Waals surface area contributed by atoms with Gasteiger partial charge in [-0.05, 0) is 20.3 Å². The second-order valence-corrected chi connectivity index (χ2v) is 4.27. The molecular weight excluding hydrogens is 284 g/mol. The van der Waals surface area contributed by atoms with Crippen LogP contribution in [0.1, 0.15) is 20.3 Å². The summed E-state index contributed by atoms with van der Waals surface area (Å²) in [5.41, 5.74) is 0. The zero-order valence-electron chi connectivity index (χ0n) is 12.0. The minimum absolute atomic E-state index is 0.0626. The van der Waals surface area contributed by atoms with E-state index in [4.69, 9.17) is 0 Å².